The van der Waals surface area contributed by atoms with Crippen LogP contribution in [0.25, 0.3) is 33.0 Å². The Balaban J connectivity index is 0.000000207. The molecule has 5 aromatic rings. The third kappa shape index (κ3) is 5.43. The molecule has 3 aromatic carbocycles. The highest BCUT2D eigenvalue weighted by molar-refractivity contribution is 5.87. The third-order valence-corrected chi connectivity index (χ3v) is 6.59. The van der Waals surface area contributed by atoms with Crippen molar-refractivity contribution >= 4 is 33.2 Å². The Kier molecular flexibility index (Phi) is 7.77. The van der Waals surface area contributed by atoms with Gasteiger partial charge in [0.15, 0.2) is 0 Å². The van der Waals surface area contributed by atoms with E-state index in [2.05, 4.69) is 36.9 Å². The number of benzene rings is 3. The van der Waals surface area contributed by atoms with E-state index in [1.807, 2.05) is 60.9 Å². The Morgan fingerprint density at radius 1 is 0.865 bits per heavy atom. The van der Waals surface area contributed by atoms with Crippen LogP contribution in [0.1, 0.15) is 26.3 Å². The summed E-state index contributed by atoms with van der Waals surface area (Å²) in [6, 6.07) is 25.1. The number of aromatic nitrogens is 1. The third-order valence-electron chi connectivity index (χ3n) is 6.59. The molecule has 2 aromatic heterocycles. The molecule has 0 saturated carbocycles. The van der Waals surface area contributed by atoms with Crippen LogP contribution in [-0.4, -0.2) is 17.7 Å². The van der Waals surface area contributed by atoms with Crippen LogP contribution in [-0.2, 0) is 6.54 Å². The van der Waals surface area contributed by atoms with Crippen LogP contribution in [0.15, 0.2) is 92.9 Å². The minimum absolute atomic E-state index is 0.0768. The van der Waals surface area contributed by atoms with Gasteiger partial charge in [-0.05, 0) is 74.5 Å². The number of hydrogen-bond acceptors (Lipinski definition) is 5. The van der Waals surface area contributed by atoms with Gasteiger partial charge in [0.1, 0.15) is 5.58 Å². The first-order valence-corrected chi connectivity index (χ1v) is 12.6. The van der Waals surface area contributed by atoms with Crippen molar-refractivity contribution in [2.75, 3.05) is 23.7 Å². The van der Waals surface area contributed by atoms with E-state index in [4.69, 9.17) is 10.2 Å². The number of rotatable bonds is 5. The molecule has 0 atom stereocenters. The number of pyridine rings is 1. The number of hydrogen-bond donors (Lipinski definition) is 1. The summed E-state index contributed by atoms with van der Waals surface area (Å²) in [7, 11) is 0. The van der Waals surface area contributed by atoms with Gasteiger partial charge in [-0.15, -0.1) is 0 Å². The second-order valence-corrected chi connectivity index (χ2v) is 8.89. The van der Waals surface area contributed by atoms with E-state index in [9.17, 15) is 9.59 Å². The van der Waals surface area contributed by atoms with Crippen molar-refractivity contribution in [1.82, 2.24) is 4.57 Å². The number of anilines is 2. The maximum absolute atomic E-state index is 13.0. The van der Waals surface area contributed by atoms with E-state index in [0.29, 0.717) is 17.8 Å². The van der Waals surface area contributed by atoms with Crippen LogP contribution in [0.2, 0.25) is 0 Å². The summed E-state index contributed by atoms with van der Waals surface area (Å²) in [5.41, 5.74) is 11.3. The van der Waals surface area contributed by atoms with Gasteiger partial charge in [0.05, 0.1) is 5.52 Å². The fourth-order valence-corrected chi connectivity index (χ4v) is 4.63. The summed E-state index contributed by atoms with van der Waals surface area (Å²) in [5, 5.41) is 2.03. The zero-order chi connectivity index (χ0) is 26.5. The number of nitrogen functional groups attached to an aromatic ring is 1. The summed E-state index contributed by atoms with van der Waals surface area (Å²) in [4.78, 5) is 26.3. The summed E-state index contributed by atoms with van der Waals surface area (Å²) in [5.74, 6) is 0. The van der Waals surface area contributed by atoms with Crippen molar-refractivity contribution in [3.05, 3.63) is 105 Å². The lowest BCUT2D eigenvalue weighted by Gasteiger charge is -2.22. The molecule has 6 nitrogen and oxygen atoms in total. The quantitative estimate of drug-likeness (QED) is 0.231. The highest BCUT2D eigenvalue weighted by Gasteiger charge is 2.12. The first kappa shape index (κ1) is 25.8. The van der Waals surface area contributed by atoms with Gasteiger partial charge in [0.2, 0.25) is 0 Å². The minimum Gasteiger partial charge on any atom is -0.423 e. The van der Waals surface area contributed by atoms with Crippen molar-refractivity contribution in [3.63, 3.8) is 0 Å². The topological polar surface area (TPSA) is 81.5 Å². The average Bonchev–Trinajstić information content (AvgIpc) is 2.89. The zero-order valence-electron chi connectivity index (χ0n) is 21.8. The van der Waals surface area contributed by atoms with Gasteiger partial charge in [0, 0.05) is 54.1 Å². The standard InChI is InChI=1S/C21H24N2O.C10H9NO2/c1-4-22(5-2)18-13-12-17-14-19(16-10-8-7-9-11-16)21(24)23(6-3)20(17)15-18;1-6-4-10(12)13-9-5-7(11)2-3-8(6)9/h7-15H,4-6H2,1-3H3;2-5H,11H2,1H3. The Morgan fingerprint density at radius 2 is 1.59 bits per heavy atom. The molecule has 0 aliphatic heterocycles. The molecular formula is C31H33N3O3. The molecule has 0 spiro atoms. The number of fused-ring (bicyclic) bond motifs is 2. The number of nitrogens with zero attached hydrogens (tertiary/aromatic N) is 2. The van der Waals surface area contributed by atoms with E-state index in [1.165, 1.54) is 11.8 Å². The van der Waals surface area contributed by atoms with Gasteiger partial charge in [-0.3, -0.25) is 4.79 Å². The van der Waals surface area contributed by atoms with E-state index < -0.39 is 0 Å². The molecule has 0 radical (unpaired) electrons. The molecule has 37 heavy (non-hydrogen) atoms. The van der Waals surface area contributed by atoms with Crippen LogP contribution in [0, 0.1) is 6.92 Å². The predicted molar refractivity (Wildman–Crippen MR) is 155 cm³/mol. The van der Waals surface area contributed by atoms with E-state index >= 15 is 0 Å². The lowest BCUT2D eigenvalue weighted by molar-refractivity contribution is 0.560. The molecule has 2 N–H and O–H groups in total. The van der Waals surface area contributed by atoms with Crippen molar-refractivity contribution in [2.24, 2.45) is 0 Å². The van der Waals surface area contributed by atoms with Crippen LogP contribution in [0.3, 0.4) is 0 Å². The molecular weight excluding hydrogens is 462 g/mol. The van der Waals surface area contributed by atoms with Gasteiger partial charge in [0.25, 0.3) is 5.56 Å². The Labute approximate surface area is 216 Å². The predicted octanol–water partition coefficient (Wildman–Crippen LogP) is 6.22. The summed E-state index contributed by atoms with van der Waals surface area (Å²) in [6.07, 6.45) is 0. The molecule has 190 valence electrons. The lowest BCUT2D eigenvalue weighted by Crippen LogP contribution is -2.23. The second kappa shape index (κ2) is 11.2. The Morgan fingerprint density at radius 3 is 2.27 bits per heavy atom. The summed E-state index contributed by atoms with van der Waals surface area (Å²) in [6.45, 7) is 10.8. The fraction of sp³-hybridized carbons (Fsp3) is 0.226. The molecule has 0 aliphatic carbocycles. The van der Waals surface area contributed by atoms with Gasteiger partial charge < -0.3 is 19.6 Å². The van der Waals surface area contributed by atoms with Gasteiger partial charge in [-0.25, -0.2) is 4.79 Å². The van der Waals surface area contributed by atoms with E-state index in [0.717, 1.165) is 46.1 Å². The lowest BCUT2D eigenvalue weighted by atomic mass is 10.0. The maximum Gasteiger partial charge on any atom is 0.336 e. The summed E-state index contributed by atoms with van der Waals surface area (Å²) < 4.78 is 6.87. The van der Waals surface area contributed by atoms with Gasteiger partial charge in [-0.1, -0.05) is 36.4 Å². The van der Waals surface area contributed by atoms with Crippen LogP contribution in [0.4, 0.5) is 11.4 Å². The maximum atomic E-state index is 13.0. The molecule has 0 aliphatic rings. The number of aryl methyl sites for hydroxylation is 2. The second-order valence-electron chi connectivity index (χ2n) is 8.89. The Hall–Kier alpha value is -4.32. The van der Waals surface area contributed by atoms with Crippen molar-refractivity contribution in [2.45, 2.75) is 34.2 Å². The molecule has 2 heterocycles. The van der Waals surface area contributed by atoms with Gasteiger partial charge >= 0.3 is 5.63 Å². The van der Waals surface area contributed by atoms with Crippen LogP contribution >= 0.6 is 0 Å². The zero-order valence-corrected chi connectivity index (χ0v) is 21.8. The summed E-state index contributed by atoms with van der Waals surface area (Å²) >= 11 is 0. The number of nitrogens with two attached hydrogens (primary N) is 1. The monoisotopic (exact) mass is 495 g/mol. The molecule has 0 fully saturated rings. The highest BCUT2D eigenvalue weighted by atomic mass is 16.4. The van der Waals surface area contributed by atoms with Crippen LogP contribution < -0.4 is 21.8 Å². The van der Waals surface area contributed by atoms with E-state index in [1.54, 1.807) is 12.1 Å². The van der Waals surface area contributed by atoms with Crippen molar-refractivity contribution in [3.8, 4) is 11.1 Å². The van der Waals surface area contributed by atoms with Crippen molar-refractivity contribution in [1.29, 1.82) is 0 Å². The first-order valence-electron chi connectivity index (χ1n) is 12.6. The van der Waals surface area contributed by atoms with Crippen LogP contribution in [0.5, 0.6) is 0 Å². The fourth-order valence-electron chi connectivity index (χ4n) is 4.63. The molecule has 0 bridgehead atoms. The molecule has 0 amide bonds. The van der Waals surface area contributed by atoms with E-state index in [-0.39, 0.29) is 11.2 Å². The first-order chi connectivity index (χ1) is 17.9. The smallest absolute Gasteiger partial charge is 0.336 e. The molecule has 6 heteroatoms. The van der Waals surface area contributed by atoms with Crippen molar-refractivity contribution < 1.29 is 4.42 Å². The highest BCUT2D eigenvalue weighted by Crippen LogP contribution is 2.25. The minimum atomic E-state index is -0.337. The average molecular weight is 496 g/mol. The Bertz CT molecular complexity index is 1650. The van der Waals surface area contributed by atoms with Gasteiger partial charge in [-0.2, -0.15) is 0 Å². The normalized spacial score (nSPS) is 10.8. The largest absolute Gasteiger partial charge is 0.423 e. The molecule has 0 saturated heterocycles. The molecule has 5 rings (SSSR count). The molecule has 0 unspecified atom stereocenters. The SMILES string of the molecule is CCN(CC)c1ccc2cc(-c3ccccc3)c(=O)n(CC)c2c1.Cc1cc(=O)oc2cc(N)ccc12.